The van der Waals surface area contributed by atoms with Crippen LogP contribution >= 0.6 is 0 Å². The van der Waals surface area contributed by atoms with Crippen molar-refractivity contribution in [3.05, 3.63) is 36.0 Å². The lowest BCUT2D eigenvalue weighted by Crippen LogP contribution is -2.56. The molecule has 0 aromatic rings. The van der Waals surface area contributed by atoms with Gasteiger partial charge < -0.3 is 29.3 Å². The minimum Gasteiger partial charge on any atom is -0.550 e. The maximum Gasteiger partial charge on any atom is 0.338 e. The summed E-state index contributed by atoms with van der Waals surface area (Å²) >= 11 is 0. The van der Waals surface area contributed by atoms with Crippen LogP contribution in [0.4, 0.5) is 0 Å². The lowest BCUT2D eigenvalue weighted by atomic mass is 9.45. The van der Waals surface area contributed by atoms with Crippen molar-refractivity contribution >= 4 is 29.7 Å². The third-order valence-corrected chi connectivity index (χ3v) is 8.76. The van der Waals surface area contributed by atoms with Crippen LogP contribution in [-0.2, 0) is 33.4 Å². The molecule has 1 aliphatic heterocycles. The zero-order chi connectivity index (χ0) is 28.1. The van der Waals surface area contributed by atoms with Gasteiger partial charge in [-0.2, -0.15) is 0 Å². The molecule has 2 unspecified atom stereocenters. The van der Waals surface area contributed by atoms with Gasteiger partial charge in [0.2, 0.25) is 0 Å². The minimum absolute atomic E-state index is 0.0151. The van der Waals surface area contributed by atoms with Crippen molar-refractivity contribution in [3.63, 3.8) is 0 Å². The Morgan fingerprint density at radius 2 is 1.76 bits per heavy atom. The second kappa shape index (κ2) is 12.1. The largest absolute Gasteiger partial charge is 0.550 e. The quantitative estimate of drug-likeness (QED) is 0.272. The number of carboxylic acids is 2. The smallest absolute Gasteiger partial charge is 0.338 e. The van der Waals surface area contributed by atoms with Gasteiger partial charge in [-0.1, -0.05) is 38.2 Å². The van der Waals surface area contributed by atoms with E-state index in [-0.39, 0.29) is 61.3 Å². The van der Waals surface area contributed by atoms with Crippen molar-refractivity contribution in [1.82, 2.24) is 0 Å². The van der Waals surface area contributed by atoms with Crippen molar-refractivity contribution in [2.45, 2.75) is 84.2 Å². The van der Waals surface area contributed by atoms with E-state index in [0.29, 0.717) is 24.8 Å². The number of allylic oxidation sites excluding steroid dienone is 2. The highest BCUT2D eigenvalue weighted by Gasteiger charge is 2.58. The van der Waals surface area contributed by atoms with Gasteiger partial charge >= 0.3 is 11.9 Å². The SMILES string of the molecule is C=C1CCC2[C@@](C)(CC[C@@H](OC(=O)CCC(=O)[O-])[C@@]2(C)CCC(=O)CCC(=O)[O-])C1/C=C/C1=CCOC1=O. The lowest BCUT2D eigenvalue weighted by Gasteiger charge is -2.60. The molecule has 9 heteroatoms. The average molecular weight is 529 g/mol. The highest BCUT2D eigenvalue weighted by atomic mass is 16.5. The molecule has 0 N–H and O–H groups in total. The Bertz CT molecular complexity index is 1050. The van der Waals surface area contributed by atoms with Crippen LogP contribution in [0.25, 0.3) is 0 Å². The van der Waals surface area contributed by atoms with Gasteiger partial charge in [-0.15, -0.1) is 0 Å². The van der Waals surface area contributed by atoms with E-state index in [1.807, 2.05) is 13.0 Å². The topological polar surface area (TPSA) is 150 Å². The van der Waals surface area contributed by atoms with Gasteiger partial charge in [0.25, 0.3) is 0 Å². The third kappa shape index (κ3) is 6.60. The standard InChI is InChI=1S/C29H38O9/c1-18-4-8-22-28(2,21(18)7-5-19-14-17-37-27(19)36)16-13-23(38-26(35)11-10-25(33)34)29(22,3)15-12-20(30)6-9-24(31)32/h5,7,14,21-23H,1,4,6,8-13,15-17H2,2-3H3,(H,31,32)(H,33,34)/p-2/b7-5+/t21?,22?,23-,28+,29+/m1/s1. The van der Waals surface area contributed by atoms with Gasteiger partial charge in [-0.25, -0.2) is 4.79 Å². The molecule has 0 bridgehead atoms. The van der Waals surface area contributed by atoms with E-state index in [1.165, 1.54) is 0 Å². The van der Waals surface area contributed by atoms with Crippen molar-refractivity contribution in [2.24, 2.45) is 22.7 Å². The molecule has 9 nitrogen and oxygen atoms in total. The van der Waals surface area contributed by atoms with Crippen molar-refractivity contribution in [3.8, 4) is 0 Å². The molecule has 0 spiro atoms. The van der Waals surface area contributed by atoms with E-state index in [9.17, 15) is 34.2 Å². The van der Waals surface area contributed by atoms with E-state index in [0.717, 1.165) is 18.4 Å². The van der Waals surface area contributed by atoms with Crippen LogP contribution in [0, 0.1) is 22.7 Å². The van der Waals surface area contributed by atoms with E-state index < -0.39 is 35.8 Å². The van der Waals surface area contributed by atoms with Gasteiger partial charge in [0.15, 0.2) is 0 Å². The summed E-state index contributed by atoms with van der Waals surface area (Å²) in [7, 11) is 0. The van der Waals surface area contributed by atoms with E-state index >= 15 is 0 Å². The predicted octanol–water partition coefficient (Wildman–Crippen LogP) is 1.74. The highest BCUT2D eigenvalue weighted by Crippen LogP contribution is 2.63. The van der Waals surface area contributed by atoms with Gasteiger partial charge in [-0.3, -0.25) is 9.59 Å². The summed E-state index contributed by atoms with van der Waals surface area (Å²) < 4.78 is 10.8. The number of Topliss-reactive ketones (excluding diaryl/α,β-unsaturated/α-hetero) is 1. The maximum atomic E-state index is 12.5. The van der Waals surface area contributed by atoms with E-state index in [2.05, 4.69) is 13.5 Å². The van der Waals surface area contributed by atoms with Crippen LogP contribution in [0.1, 0.15) is 78.1 Å². The van der Waals surface area contributed by atoms with Gasteiger partial charge in [0.1, 0.15) is 18.5 Å². The lowest BCUT2D eigenvalue weighted by molar-refractivity contribution is -0.307. The molecule has 0 radical (unpaired) electrons. The molecule has 2 saturated carbocycles. The highest BCUT2D eigenvalue weighted by molar-refractivity contribution is 5.93. The zero-order valence-electron chi connectivity index (χ0n) is 22.1. The second-order valence-electron chi connectivity index (χ2n) is 11.2. The number of cyclic esters (lactones) is 1. The van der Waals surface area contributed by atoms with Gasteiger partial charge in [0, 0.05) is 36.1 Å². The number of hydrogen-bond acceptors (Lipinski definition) is 9. The number of carboxylic acid groups (broad SMARTS) is 2. The first-order valence-corrected chi connectivity index (χ1v) is 13.2. The molecule has 0 saturated heterocycles. The molecule has 1 heterocycles. The normalized spacial score (nSPS) is 30.9. The number of hydrogen-bond donors (Lipinski definition) is 0. The summed E-state index contributed by atoms with van der Waals surface area (Å²) in [6.45, 7) is 8.74. The Morgan fingerprint density at radius 1 is 1.08 bits per heavy atom. The minimum atomic E-state index is -1.33. The summed E-state index contributed by atoms with van der Waals surface area (Å²) in [6.07, 6.45) is 7.00. The van der Waals surface area contributed by atoms with E-state index in [4.69, 9.17) is 9.47 Å². The fourth-order valence-electron chi connectivity index (χ4n) is 6.70. The van der Waals surface area contributed by atoms with Crippen LogP contribution in [0.3, 0.4) is 0 Å². The summed E-state index contributed by atoms with van der Waals surface area (Å²) in [4.78, 5) is 58.7. The molecule has 0 amide bonds. The molecule has 0 aromatic carbocycles. The third-order valence-electron chi connectivity index (χ3n) is 8.76. The fraction of sp³-hybridized carbons (Fsp3) is 0.621. The first kappa shape index (κ1) is 29.3. The summed E-state index contributed by atoms with van der Waals surface area (Å²) in [5, 5.41) is 21.6. The van der Waals surface area contributed by atoms with Crippen LogP contribution in [-0.4, -0.2) is 42.4 Å². The Labute approximate surface area is 222 Å². The Balaban J connectivity index is 1.88. The predicted molar refractivity (Wildman–Crippen MR) is 132 cm³/mol. The molecular weight excluding hydrogens is 492 g/mol. The van der Waals surface area contributed by atoms with Gasteiger partial charge in [-0.05, 0) is 62.4 Å². The van der Waals surface area contributed by atoms with Crippen LogP contribution in [0.2, 0.25) is 0 Å². The number of rotatable bonds is 12. The van der Waals surface area contributed by atoms with Crippen molar-refractivity contribution in [1.29, 1.82) is 0 Å². The number of fused-ring (bicyclic) bond motifs is 1. The molecule has 2 fully saturated rings. The van der Waals surface area contributed by atoms with Crippen molar-refractivity contribution in [2.75, 3.05) is 6.61 Å². The number of ketones is 1. The number of aliphatic carboxylic acids is 2. The summed E-state index contributed by atoms with van der Waals surface area (Å²) in [5.74, 6) is -3.85. The zero-order valence-corrected chi connectivity index (χ0v) is 22.1. The number of ether oxygens (including phenoxy) is 2. The molecule has 208 valence electrons. The van der Waals surface area contributed by atoms with Crippen molar-refractivity contribution < 1.29 is 43.7 Å². The monoisotopic (exact) mass is 528 g/mol. The van der Waals surface area contributed by atoms with Gasteiger partial charge in [0.05, 0.1) is 12.0 Å². The molecular formula is C29H36O9-2. The first-order chi connectivity index (χ1) is 17.9. The summed E-state index contributed by atoms with van der Waals surface area (Å²) in [6, 6.07) is 0. The first-order valence-electron chi connectivity index (χ1n) is 13.2. The molecule has 3 aliphatic rings. The average Bonchev–Trinajstić information content (AvgIpc) is 3.26. The second-order valence-corrected chi connectivity index (χ2v) is 11.2. The number of carbonyl (C=O) groups is 5. The molecule has 38 heavy (non-hydrogen) atoms. The molecule has 0 aromatic heterocycles. The Kier molecular flexibility index (Phi) is 9.33. The number of esters is 2. The molecule has 2 aliphatic carbocycles. The van der Waals surface area contributed by atoms with E-state index in [1.54, 1.807) is 12.2 Å². The summed E-state index contributed by atoms with van der Waals surface area (Å²) in [5.41, 5.74) is 0.620. The maximum absolute atomic E-state index is 12.5. The molecule has 3 rings (SSSR count). The van der Waals surface area contributed by atoms with Crippen LogP contribution in [0.5, 0.6) is 0 Å². The fourth-order valence-corrected chi connectivity index (χ4v) is 6.70. The number of carbonyl (C=O) groups excluding carboxylic acids is 5. The van der Waals surface area contributed by atoms with Crippen LogP contribution in [0.15, 0.2) is 36.0 Å². The Morgan fingerprint density at radius 3 is 2.39 bits per heavy atom. The van der Waals surface area contributed by atoms with Crippen LogP contribution < -0.4 is 10.2 Å². The molecule has 5 atom stereocenters. The Hall–Kier alpha value is -3.23.